The molecule has 28 heavy (non-hydrogen) atoms. The Morgan fingerprint density at radius 1 is 1.18 bits per heavy atom. The number of carbonyl (C=O) groups is 2. The first-order valence-corrected chi connectivity index (χ1v) is 11.1. The molecule has 0 aliphatic carbocycles. The van der Waals surface area contributed by atoms with Crippen LogP contribution in [0.5, 0.6) is 0 Å². The fourth-order valence-corrected chi connectivity index (χ4v) is 5.13. The molecule has 4 nitrogen and oxygen atoms in total. The number of nitrogens with zero attached hydrogens (tertiary/aromatic N) is 1. The summed E-state index contributed by atoms with van der Waals surface area (Å²) in [6, 6.07) is 12.5. The normalized spacial score (nSPS) is 19.2. The topological polar surface area (TPSA) is 49.4 Å². The van der Waals surface area contributed by atoms with Gasteiger partial charge in [-0.3, -0.25) is 9.59 Å². The second kappa shape index (κ2) is 8.91. The Kier molecular flexibility index (Phi) is 6.55. The molecule has 0 saturated carbocycles. The van der Waals surface area contributed by atoms with Crippen LogP contribution in [0.2, 0.25) is 0 Å². The van der Waals surface area contributed by atoms with Crippen LogP contribution in [0.1, 0.15) is 38.7 Å². The first kappa shape index (κ1) is 20.6. The summed E-state index contributed by atoms with van der Waals surface area (Å²) >= 11 is 1.71. The molecular weight excluding hydrogens is 368 g/mol. The Bertz CT molecular complexity index is 814. The molecule has 1 atom stereocenters. The number of thiophene rings is 1. The maximum Gasteiger partial charge on any atom is 0.228 e. The molecule has 0 unspecified atom stereocenters. The smallest absolute Gasteiger partial charge is 0.228 e. The summed E-state index contributed by atoms with van der Waals surface area (Å²) in [7, 11) is 1.70. The lowest BCUT2D eigenvalue weighted by molar-refractivity contribution is -0.136. The largest absolute Gasteiger partial charge is 0.359 e. The fraction of sp³-hybridized carbons (Fsp3) is 0.478. The van der Waals surface area contributed by atoms with Gasteiger partial charge in [0.25, 0.3) is 0 Å². The van der Waals surface area contributed by atoms with Gasteiger partial charge in [0, 0.05) is 30.9 Å². The molecule has 5 heteroatoms. The van der Waals surface area contributed by atoms with Gasteiger partial charge in [-0.15, -0.1) is 11.3 Å². The van der Waals surface area contributed by atoms with Gasteiger partial charge in [0.2, 0.25) is 11.8 Å². The van der Waals surface area contributed by atoms with Crippen LogP contribution >= 0.6 is 11.3 Å². The average molecular weight is 399 g/mol. The molecule has 2 aromatic rings. The summed E-state index contributed by atoms with van der Waals surface area (Å²) in [4.78, 5) is 29.0. The first-order chi connectivity index (χ1) is 13.5. The predicted molar refractivity (Wildman–Crippen MR) is 115 cm³/mol. The monoisotopic (exact) mass is 398 g/mol. The summed E-state index contributed by atoms with van der Waals surface area (Å²) < 4.78 is 0. The first-order valence-electron chi connectivity index (χ1n) is 10.2. The van der Waals surface area contributed by atoms with Crippen molar-refractivity contribution in [1.29, 1.82) is 0 Å². The van der Waals surface area contributed by atoms with Crippen molar-refractivity contribution in [3.8, 4) is 10.4 Å². The maximum atomic E-state index is 13.0. The van der Waals surface area contributed by atoms with Gasteiger partial charge in [0.1, 0.15) is 0 Å². The van der Waals surface area contributed by atoms with E-state index in [2.05, 4.69) is 48.8 Å². The highest BCUT2D eigenvalue weighted by Crippen LogP contribution is 2.39. The van der Waals surface area contributed by atoms with E-state index < -0.39 is 5.41 Å². The number of amides is 2. The van der Waals surface area contributed by atoms with Gasteiger partial charge in [-0.1, -0.05) is 44.2 Å². The van der Waals surface area contributed by atoms with Gasteiger partial charge in [0.15, 0.2) is 0 Å². The fourth-order valence-electron chi connectivity index (χ4n) is 4.34. The minimum Gasteiger partial charge on any atom is -0.359 e. The zero-order valence-corrected chi connectivity index (χ0v) is 17.8. The highest BCUT2D eigenvalue weighted by molar-refractivity contribution is 7.13. The Labute approximate surface area is 172 Å². The molecule has 0 spiro atoms. The summed E-state index contributed by atoms with van der Waals surface area (Å²) in [5.74, 6) is 0.287. The van der Waals surface area contributed by atoms with Gasteiger partial charge in [0.05, 0.1) is 5.41 Å². The third-order valence-electron chi connectivity index (χ3n) is 6.04. The van der Waals surface area contributed by atoms with Crippen LogP contribution in [0.25, 0.3) is 10.4 Å². The lowest BCUT2D eigenvalue weighted by Gasteiger charge is -2.29. The molecule has 1 saturated heterocycles. The number of carbonyl (C=O) groups excluding carboxylic acids is 2. The van der Waals surface area contributed by atoms with Gasteiger partial charge < -0.3 is 10.2 Å². The van der Waals surface area contributed by atoms with Crippen LogP contribution in [-0.4, -0.2) is 36.9 Å². The van der Waals surface area contributed by atoms with E-state index in [4.69, 9.17) is 0 Å². The Balaban J connectivity index is 1.89. The van der Waals surface area contributed by atoms with Gasteiger partial charge in [-0.25, -0.2) is 0 Å². The molecule has 0 radical (unpaired) electrons. The second-order valence-electron chi connectivity index (χ2n) is 7.69. The number of benzene rings is 1. The minimum atomic E-state index is -0.566. The molecule has 1 N–H and O–H groups in total. The molecule has 1 aliphatic heterocycles. The lowest BCUT2D eigenvalue weighted by atomic mass is 9.78. The zero-order chi connectivity index (χ0) is 20.1. The lowest BCUT2D eigenvalue weighted by Crippen LogP contribution is -2.44. The standard InChI is InChI=1S/C23H30N2O2S/c1-4-17(5-2)21(26)25-13-12-23(16-25,22(27)24-3)15-18-9-6-7-10-19(18)20-11-8-14-28-20/h6-11,14,17H,4-5,12-13,15-16H2,1-3H3,(H,24,27)/t23-/m1/s1. The molecule has 2 heterocycles. The molecule has 2 amide bonds. The van der Waals surface area contributed by atoms with Crippen molar-refractivity contribution in [2.24, 2.45) is 11.3 Å². The van der Waals surface area contributed by atoms with Crippen LogP contribution in [0.4, 0.5) is 0 Å². The maximum absolute atomic E-state index is 13.0. The predicted octanol–water partition coefficient (Wildman–Crippen LogP) is 4.36. The molecule has 1 aromatic carbocycles. The van der Waals surface area contributed by atoms with Crippen LogP contribution < -0.4 is 5.32 Å². The Hall–Kier alpha value is -2.14. The molecule has 3 rings (SSSR count). The minimum absolute atomic E-state index is 0.0355. The number of hydrogen-bond acceptors (Lipinski definition) is 3. The van der Waals surface area contributed by atoms with Gasteiger partial charge >= 0.3 is 0 Å². The Morgan fingerprint density at radius 2 is 1.93 bits per heavy atom. The van der Waals surface area contributed by atoms with Crippen molar-refractivity contribution in [2.45, 2.75) is 39.5 Å². The van der Waals surface area contributed by atoms with E-state index in [1.807, 2.05) is 17.0 Å². The van der Waals surface area contributed by atoms with E-state index in [-0.39, 0.29) is 17.7 Å². The summed E-state index contributed by atoms with van der Waals surface area (Å²) in [6.45, 7) is 5.28. The third-order valence-corrected chi connectivity index (χ3v) is 6.95. The van der Waals surface area contributed by atoms with Crippen LogP contribution in [0.3, 0.4) is 0 Å². The van der Waals surface area contributed by atoms with Crippen LogP contribution in [0.15, 0.2) is 41.8 Å². The van der Waals surface area contributed by atoms with Crippen molar-refractivity contribution in [2.75, 3.05) is 20.1 Å². The Morgan fingerprint density at radius 3 is 2.57 bits per heavy atom. The van der Waals surface area contributed by atoms with E-state index in [0.29, 0.717) is 25.9 Å². The zero-order valence-electron chi connectivity index (χ0n) is 17.0. The van der Waals surface area contributed by atoms with E-state index in [1.165, 1.54) is 16.0 Å². The van der Waals surface area contributed by atoms with Crippen molar-refractivity contribution >= 4 is 23.2 Å². The van der Waals surface area contributed by atoms with E-state index in [0.717, 1.165) is 12.8 Å². The quantitative estimate of drug-likeness (QED) is 0.753. The van der Waals surface area contributed by atoms with E-state index in [9.17, 15) is 9.59 Å². The number of rotatable bonds is 7. The van der Waals surface area contributed by atoms with Gasteiger partial charge in [-0.05, 0) is 48.3 Å². The van der Waals surface area contributed by atoms with Crippen LogP contribution in [-0.2, 0) is 16.0 Å². The molecule has 1 aromatic heterocycles. The molecule has 150 valence electrons. The molecular formula is C23H30N2O2S. The van der Waals surface area contributed by atoms with Crippen molar-refractivity contribution < 1.29 is 9.59 Å². The SMILES string of the molecule is CCC(CC)C(=O)N1CC[C@](Cc2ccccc2-c2cccs2)(C(=O)NC)C1. The van der Waals surface area contributed by atoms with Crippen molar-refractivity contribution in [3.05, 3.63) is 47.3 Å². The molecule has 1 fully saturated rings. The third kappa shape index (κ3) is 4.00. The summed E-state index contributed by atoms with van der Waals surface area (Å²) in [5.41, 5.74) is 1.79. The van der Waals surface area contributed by atoms with Crippen molar-refractivity contribution in [3.63, 3.8) is 0 Å². The van der Waals surface area contributed by atoms with Gasteiger partial charge in [-0.2, -0.15) is 0 Å². The number of nitrogens with one attached hydrogen (secondary N) is 1. The highest BCUT2D eigenvalue weighted by Gasteiger charge is 2.46. The van der Waals surface area contributed by atoms with E-state index >= 15 is 0 Å². The van der Waals surface area contributed by atoms with E-state index in [1.54, 1.807) is 18.4 Å². The summed E-state index contributed by atoms with van der Waals surface area (Å²) in [6.07, 6.45) is 3.05. The number of likely N-dealkylation sites (tertiary alicyclic amines) is 1. The highest BCUT2D eigenvalue weighted by atomic mass is 32.1. The van der Waals surface area contributed by atoms with Crippen molar-refractivity contribution in [1.82, 2.24) is 10.2 Å². The molecule has 1 aliphatic rings. The second-order valence-corrected chi connectivity index (χ2v) is 8.64. The number of hydrogen-bond donors (Lipinski definition) is 1. The van der Waals surface area contributed by atoms with Crippen LogP contribution in [0, 0.1) is 11.3 Å². The molecule has 0 bridgehead atoms. The average Bonchev–Trinajstić information content (AvgIpc) is 3.39. The summed E-state index contributed by atoms with van der Waals surface area (Å²) in [5, 5.41) is 4.94.